The number of cyclic esters (lactones) is 1. The maximum absolute atomic E-state index is 13.5. The van der Waals surface area contributed by atoms with Gasteiger partial charge in [-0.3, -0.25) is 9.59 Å². The summed E-state index contributed by atoms with van der Waals surface area (Å²) in [5.74, 6) is -1.50. The Bertz CT molecular complexity index is 1330. The van der Waals surface area contributed by atoms with Crippen LogP contribution in [0.15, 0.2) is 41.2 Å². The third-order valence-corrected chi connectivity index (χ3v) is 6.16. The molecular weight excluding hydrogens is 400 g/mol. The van der Waals surface area contributed by atoms with Gasteiger partial charge in [-0.2, -0.15) is 0 Å². The summed E-state index contributed by atoms with van der Waals surface area (Å²) in [6.45, 7) is 1.94. The van der Waals surface area contributed by atoms with Crippen molar-refractivity contribution in [2.75, 3.05) is 7.11 Å². The van der Waals surface area contributed by atoms with Gasteiger partial charge in [-0.15, -0.1) is 0 Å². The van der Waals surface area contributed by atoms with Crippen molar-refractivity contribution < 1.29 is 24.2 Å². The fourth-order valence-electron chi connectivity index (χ4n) is 4.45. The largest absolute Gasteiger partial charge is 0.469 e. The fraction of sp³-hybridized carbons (Fsp3) is 0.304. The molecule has 158 valence electrons. The minimum atomic E-state index is -1.98. The zero-order valence-electron chi connectivity index (χ0n) is 17.0. The Hall–Kier alpha value is -3.52. The van der Waals surface area contributed by atoms with Crippen molar-refractivity contribution >= 4 is 22.8 Å². The summed E-state index contributed by atoms with van der Waals surface area (Å²) < 4.78 is 11.6. The van der Waals surface area contributed by atoms with Crippen molar-refractivity contribution in [2.45, 2.75) is 38.0 Å². The van der Waals surface area contributed by atoms with E-state index in [-0.39, 0.29) is 24.0 Å². The number of methoxy groups -OCH3 is 1. The molecule has 1 unspecified atom stereocenters. The van der Waals surface area contributed by atoms with Crippen LogP contribution in [-0.4, -0.2) is 33.7 Å². The number of nitrogens with zero attached hydrogens (tertiary/aromatic N) is 2. The van der Waals surface area contributed by atoms with Crippen LogP contribution < -0.4 is 5.56 Å². The van der Waals surface area contributed by atoms with Gasteiger partial charge in [-0.25, -0.2) is 9.78 Å². The Labute approximate surface area is 177 Å². The minimum Gasteiger partial charge on any atom is -0.469 e. The average Bonchev–Trinajstić information content (AvgIpc) is 3.13. The first-order valence-corrected chi connectivity index (χ1v) is 10.0. The normalized spacial score (nSPS) is 21.3. The lowest BCUT2D eigenvalue weighted by Crippen LogP contribution is -2.46. The van der Waals surface area contributed by atoms with Crippen molar-refractivity contribution in [3.63, 3.8) is 0 Å². The number of hydrogen-bond donors (Lipinski definition) is 1. The van der Waals surface area contributed by atoms with E-state index in [1.165, 1.54) is 7.11 Å². The predicted octanol–water partition coefficient (Wildman–Crippen LogP) is 2.18. The highest BCUT2D eigenvalue weighted by atomic mass is 16.6. The second-order valence-electron chi connectivity index (χ2n) is 7.83. The third-order valence-electron chi connectivity index (χ3n) is 6.16. The molecule has 8 nitrogen and oxygen atoms in total. The van der Waals surface area contributed by atoms with Crippen LogP contribution in [0.25, 0.3) is 22.3 Å². The molecule has 0 bridgehead atoms. The van der Waals surface area contributed by atoms with E-state index in [1.54, 1.807) is 17.6 Å². The summed E-state index contributed by atoms with van der Waals surface area (Å²) in [6, 6.07) is 11.3. The highest BCUT2D eigenvalue weighted by Gasteiger charge is 2.49. The molecule has 2 aliphatic heterocycles. The predicted molar refractivity (Wildman–Crippen MR) is 110 cm³/mol. The van der Waals surface area contributed by atoms with Crippen LogP contribution in [-0.2, 0) is 31.2 Å². The Morgan fingerprint density at radius 1 is 1.32 bits per heavy atom. The summed E-state index contributed by atoms with van der Waals surface area (Å²) in [4.78, 5) is 42.8. The van der Waals surface area contributed by atoms with E-state index < -0.39 is 29.2 Å². The van der Waals surface area contributed by atoms with E-state index in [4.69, 9.17) is 14.5 Å². The molecule has 4 heterocycles. The number of carbonyl (C=O) groups is 2. The molecule has 0 saturated carbocycles. The van der Waals surface area contributed by atoms with E-state index in [9.17, 15) is 19.5 Å². The average molecular weight is 420 g/mol. The standard InChI is InChI=1S/C23H20N2O6/c1-3-23(29)14-9-16-20-13(8-12-6-4-5-7-15(12)24-20)11-25(16)21(27)19(14)17(31-22(23)28)10-18(26)30-2/h4-9,17,29H,3,10-11H2,1-2H3/t17?,23-/m0/s1. The second kappa shape index (κ2) is 6.75. The smallest absolute Gasteiger partial charge is 0.343 e. The number of benzene rings is 1. The molecule has 0 amide bonds. The van der Waals surface area contributed by atoms with Crippen LogP contribution in [0.2, 0.25) is 0 Å². The minimum absolute atomic E-state index is 0.0185. The number of rotatable bonds is 3. The molecule has 0 fully saturated rings. The first kappa shape index (κ1) is 19.4. The van der Waals surface area contributed by atoms with Crippen molar-refractivity contribution in [3.8, 4) is 11.4 Å². The molecule has 0 spiro atoms. The fourth-order valence-corrected chi connectivity index (χ4v) is 4.45. The topological polar surface area (TPSA) is 108 Å². The zero-order chi connectivity index (χ0) is 21.9. The maximum Gasteiger partial charge on any atom is 0.343 e. The quantitative estimate of drug-likeness (QED) is 0.506. The molecular formula is C23H20N2O6. The summed E-state index contributed by atoms with van der Waals surface area (Å²) in [6.07, 6.45) is -1.41. The van der Waals surface area contributed by atoms with Gasteiger partial charge in [0.15, 0.2) is 5.60 Å². The molecule has 5 rings (SSSR count). The molecule has 8 heteroatoms. The zero-order valence-corrected chi connectivity index (χ0v) is 17.0. The molecule has 1 aromatic carbocycles. The monoisotopic (exact) mass is 420 g/mol. The lowest BCUT2D eigenvalue weighted by molar-refractivity contribution is -0.180. The molecule has 2 aliphatic rings. The Morgan fingerprint density at radius 3 is 2.84 bits per heavy atom. The van der Waals surface area contributed by atoms with Gasteiger partial charge in [0.1, 0.15) is 6.10 Å². The molecule has 0 saturated heterocycles. The van der Waals surface area contributed by atoms with E-state index in [0.717, 1.165) is 16.5 Å². The van der Waals surface area contributed by atoms with Crippen molar-refractivity contribution in [1.29, 1.82) is 0 Å². The van der Waals surface area contributed by atoms with Gasteiger partial charge < -0.3 is 19.1 Å². The summed E-state index contributed by atoms with van der Waals surface area (Å²) in [5.41, 5.74) is 0.709. The molecule has 3 aromatic rings. The van der Waals surface area contributed by atoms with Gasteiger partial charge in [-0.05, 0) is 24.6 Å². The SMILES string of the molecule is CC[C@@]1(O)C(=O)OC(CC(=O)OC)c2c1cc1n(c2=O)Cc2cc3ccccc3nc2-1. The molecule has 0 radical (unpaired) electrons. The van der Waals surface area contributed by atoms with Crippen LogP contribution in [0.5, 0.6) is 0 Å². The number of aliphatic hydroxyl groups is 1. The van der Waals surface area contributed by atoms with E-state index >= 15 is 0 Å². The van der Waals surface area contributed by atoms with E-state index in [2.05, 4.69) is 0 Å². The van der Waals surface area contributed by atoms with Crippen molar-refractivity contribution in [2.24, 2.45) is 0 Å². The Morgan fingerprint density at radius 2 is 2.10 bits per heavy atom. The number of para-hydroxylation sites is 1. The molecule has 2 atom stereocenters. The summed E-state index contributed by atoms with van der Waals surface area (Å²) in [5, 5.41) is 12.1. The van der Waals surface area contributed by atoms with Gasteiger partial charge in [0, 0.05) is 16.5 Å². The van der Waals surface area contributed by atoms with Crippen LogP contribution in [0, 0.1) is 0 Å². The highest BCUT2D eigenvalue weighted by Crippen LogP contribution is 2.42. The number of hydrogen-bond acceptors (Lipinski definition) is 7. The third kappa shape index (κ3) is 2.71. The lowest BCUT2D eigenvalue weighted by Gasteiger charge is -2.35. The number of ether oxygens (including phenoxy) is 2. The lowest BCUT2D eigenvalue weighted by atomic mass is 9.83. The molecule has 2 aromatic heterocycles. The van der Waals surface area contributed by atoms with Crippen molar-refractivity contribution in [1.82, 2.24) is 9.55 Å². The maximum atomic E-state index is 13.5. The second-order valence-corrected chi connectivity index (χ2v) is 7.83. The number of fused-ring (bicyclic) bond motifs is 5. The van der Waals surface area contributed by atoms with Crippen LogP contribution in [0.4, 0.5) is 0 Å². The van der Waals surface area contributed by atoms with Crippen LogP contribution >= 0.6 is 0 Å². The first-order valence-electron chi connectivity index (χ1n) is 10.0. The van der Waals surface area contributed by atoms with E-state index in [1.807, 2.05) is 30.3 Å². The first-order chi connectivity index (χ1) is 14.9. The number of aromatic nitrogens is 2. The van der Waals surface area contributed by atoms with Gasteiger partial charge in [0.05, 0.1) is 42.5 Å². The van der Waals surface area contributed by atoms with Crippen LogP contribution in [0.3, 0.4) is 0 Å². The molecule has 31 heavy (non-hydrogen) atoms. The number of pyridine rings is 2. The van der Waals surface area contributed by atoms with Gasteiger partial charge in [0.25, 0.3) is 5.56 Å². The number of carbonyl (C=O) groups excluding carboxylic acids is 2. The molecule has 1 N–H and O–H groups in total. The van der Waals surface area contributed by atoms with Gasteiger partial charge in [-0.1, -0.05) is 25.1 Å². The molecule has 0 aliphatic carbocycles. The van der Waals surface area contributed by atoms with Crippen molar-refractivity contribution in [3.05, 3.63) is 63.4 Å². The van der Waals surface area contributed by atoms with E-state index in [0.29, 0.717) is 17.9 Å². The Balaban J connectivity index is 1.76. The van der Waals surface area contributed by atoms with Gasteiger partial charge >= 0.3 is 11.9 Å². The van der Waals surface area contributed by atoms with Gasteiger partial charge in [0.2, 0.25) is 0 Å². The number of esters is 2. The summed E-state index contributed by atoms with van der Waals surface area (Å²) in [7, 11) is 1.22. The summed E-state index contributed by atoms with van der Waals surface area (Å²) >= 11 is 0. The Kier molecular flexibility index (Phi) is 4.23. The van der Waals surface area contributed by atoms with Crippen LogP contribution in [0.1, 0.15) is 42.6 Å². The highest BCUT2D eigenvalue weighted by molar-refractivity contribution is 5.87.